The number of carbonyl (C=O) groups is 2. The van der Waals surface area contributed by atoms with Gasteiger partial charge in [-0.3, -0.25) is 9.69 Å². The maximum atomic E-state index is 13.5. The van der Waals surface area contributed by atoms with Crippen molar-refractivity contribution in [3.63, 3.8) is 0 Å². The molecule has 1 atom stereocenters. The van der Waals surface area contributed by atoms with Crippen molar-refractivity contribution >= 4 is 34.3 Å². The highest BCUT2D eigenvalue weighted by Gasteiger charge is 2.38. The predicted octanol–water partition coefficient (Wildman–Crippen LogP) is 5.43. The molecule has 37 heavy (non-hydrogen) atoms. The summed E-state index contributed by atoms with van der Waals surface area (Å²) in [5.41, 5.74) is 0.441. The second kappa shape index (κ2) is 11.8. The van der Waals surface area contributed by atoms with Crippen LogP contribution in [-0.2, 0) is 16.0 Å². The minimum Gasteiger partial charge on any atom is -0.444 e. The maximum Gasteiger partial charge on any atom is 0.410 e. The summed E-state index contributed by atoms with van der Waals surface area (Å²) in [4.78, 5) is 45.1. The Hall–Kier alpha value is -2.75. The van der Waals surface area contributed by atoms with Gasteiger partial charge >= 0.3 is 6.09 Å². The molecule has 2 aliphatic heterocycles. The standard InChI is InChI=1S/C27H40N6O3S/c1-6-9-20-16-22(31-25-28-17-18(2)37-25)30-23(29-20)19-11-14-32(15-12-19)24(34)21-10-7-8-13-33(21)26(35)36-27(3,4)5/h16-17,19,21H,6-15H2,1-5H3,(H,28,29,30,31). The van der Waals surface area contributed by atoms with Crippen molar-refractivity contribution in [1.82, 2.24) is 24.8 Å². The van der Waals surface area contributed by atoms with Crippen LogP contribution in [0.2, 0.25) is 0 Å². The lowest BCUT2D eigenvalue weighted by Gasteiger charge is -2.40. The van der Waals surface area contributed by atoms with E-state index in [0.29, 0.717) is 26.1 Å². The van der Waals surface area contributed by atoms with E-state index >= 15 is 0 Å². The van der Waals surface area contributed by atoms with E-state index in [-0.39, 0.29) is 11.8 Å². The Labute approximate surface area is 224 Å². The van der Waals surface area contributed by atoms with Crippen LogP contribution in [-0.4, -0.2) is 68.0 Å². The van der Waals surface area contributed by atoms with Crippen LogP contribution in [0, 0.1) is 6.92 Å². The van der Waals surface area contributed by atoms with Crippen LogP contribution in [0.1, 0.15) is 88.5 Å². The summed E-state index contributed by atoms with van der Waals surface area (Å²) in [5.74, 6) is 1.83. The fourth-order valence-corrected chi connectivity index (χ4v) is 5.64. The van der Waals surface area contributed by atoms with Crippen LogP contribution < -0.4 is 5.32 Å². The molecule has 2 fully saturated rings. The first-order valence-electron chi connectivity index (χ1n) is 13.5. The van der Waals surface area contributed by atoms with E-state index in [9.17, 15) is 9.59 Å². The van der Waals surface area contributed by atoms with Crippen molar-refractivity contribution in [1.29, 1.82) is 0 Å². The zero-order valence-electron chi connectivity index (χ0n) is 22.7. The van der Waals surface area contributed by atoms with Crippen molar-refractivity contribution < 1.29 is 14.3 Å². The molecule has 0 saturated carbocycles. The van der Waals surface area contributed by atoms with Gasteiger partial charge in [0.1, 0.15) is 23.3 Å². The molecule has 2 saturated heterocycles. The number of rotatable bonds is 6. The van der Waals surface area contributed by atoms with E-state index in [1.54, 1.807) is 16.2 Å². The predicted molar refractivity (Wildman–Crippen MR) is 145 cm³/mol. The van der Waals surface area contributed by atoms with Gasteiger partial charge in [0.15, 0.2) is 5.13 Å². The summed E-state index contributed by atoms with van der Waals surface area (Å²) in [6.45, 7) is 11.6. The Balaban J connectivity index is 1.42. The molecular formula is C27H40N6O3S. The Morgan fingerprint density at radius 2 is 1.89 bits per heavy atom. The Morgan fingerprint density at radius 3 is 2.54 bits per heavy atom. The SMILES string of the molecule is CCCc1cc(Nc2ncc(C)s2)nc(C2CCN(C(=O)C3CCCCN3C(=O)OC(C)(C)C)CC2)n1. The summed E-state index contributed by atoms with van der Waals surface area (Å²) in [5, 5.41) is 4.17. The molecule has 1 unspecified atom stereocenters. The number of hydrogen-bond donors (Lipinski definition) is 1. The third-order valence-corrected chi connectivity index (χ3v) is 7.57. The van der Waals surface area contributed by atoms with Gasteiger partial charge in [-0.1, -0.05) is 13.3 Å². The molecule has 4 rings (SSSR count). The summed E-state index contributed by atoms with van der Waals surface area (Å²) in [7, 11) is 0. The largest absolute Gasteiger partial charge is 0.444 e. The van der Waals surface area contributed by atoms with Crippen molar-refractivity contribution in [3.05, 3.63) is 28.7 Å². The number of likely N-dealkylation sites (tertiary alicyclic amines) is 2. The Bertz CT molecular complexity index is 1090. The van der Waals surface area contributed by atoms with E-state index in [2.05, 4.69) is 17.2 Å². The highest BCUT2D eigenvalue weighted by molar-refractivity contribution is 7.15. The normalized spacial score (nSPS) is 19.1. The zero-order chi connectivity index (χ0) is 26.6. The zero-order valence-corrected chi connectivity index (χ0v) is 23.6. The van der Waals surface area contributed by atoms with Crippen LogP contribution in [0.4, 0.5) is 15.7 Å². The minimum absolute atomic E-state index is 0.0335. The molecule has 0 aliphatic carbocycles. The number of aryl methyl sites for hydroxylation is 2. The van der Waals surface area contributed by atoms with Gasteiger partial charge in [-0.2, -0.15) is 0 Å². The smallest absolute Gasteiger partial charge is 0.410 e. The number of thiazole rings is 1. The average molecular weight is 529 g/mol. The fourth-order valence-electron chi connectivity index (χ4n) is 4.97. The first kappa shape index (κ1) is 27.3. The molecule has 0 aromatic carbocycles. The Morgan fingerprint density at radius 1 is 1.14 bits per heavy atom. The van der Waals surface area contributed by atoms with Gasteiger partial charge in [0.25, 0.3) is 0 Å². The first-order valence-corrected chi connectivity index (χ1v) is 14.3. The molecule has 4 heterocycles. The highest BCUT2D eigenvalue weighted by atomic mass is 32.1. The third kappa shape index (κ3) is 7.18. The van der Waals surface area contributed by atoms with E-state index in [1.807, 2.05) is 44.9 Å². The molecule has 0 bridgehead atoms. The number of amides is 2. The average Bonchev–Trinajstić information content (AvgIpc) is 3.27. The topological polar surface area (TPSA) is 101 Å². The van der Waals surface area contributed by atoms with Crippen LogP contribution >= 0.6 is 11.3 Å². The van der Waals surface area contributed by atoms with Gasteiger partial charge in [0.05, 0.1) is 0 Å². The quantitative estimate of drug-likeness (QED) is 0.533. The van der Waals surface area contributed by atoms with Crippen LogP contribution in [0.3, 0.4) is 0 Å². The summed E-state index contributed by atoms with van der Waals surface area (Å²) in [6, 6.07) is 1.57. The molecule has 0 spiro atoms. The van der Waals surface area contributed by atoms with Crippen LogP contribution in [0.5, 0.6) is 0 Å². The molecular weight excluding hydrogens is 488 g/mol. The molecule has 2 aromatic rings. The second-order valence-electron chi connectivity index (χ2n) is 11.0. The van der Waals surface area contributed by atoms with Gasteiger partial charge < -0.3 is 15.0 Å². The van der Waals surface area contributed by atoms with Gasteiger partial charge in [-0.05, 0) is 66.2 Å². The molecule has 2 aromatic heterocycles. The lowest BCUT2D eigenvalue weighted by atomic mass is 9.94. The number of piperidine rings is 2. The van der Waals surface area contributed by atoms with E-state index in [4.69, 9.17) is 14.7 Å². The lowest BCUT2D eigenvalue weighted by molar-refractivity contribution is -0.139. The number of nitrogens with zero attached hydrogens (tertiary/aromatic N) is 5. The van der Waals surface area contributed by atoms with Gasteiger partial charge in [0, 0.05) is 48.4 Å². The maximum absolute atomic E-state index is 13.5. The monoisotopic (exact) mass is 528 g/mol. The molecule has 1 N–H and O–H groups in total. The van der Waals surface area contributed by atoms with Gasteiger partial charge in [0.2, 0.25) is 5.91 Å². The molecule has 2 aliphatic rings. The summed E-state index contributed by atoms with van der Waals surface area (Å²) in [6.07, 6.45) is 7.49. The molecule has 10 heteroatoms. The van der Waals surface area contributed by atoms with Crippen molar-refractivity contribution in [2.75, 3.05) is 25.0 Å². The number of ether oxygens (including phenoxy) is 1. The first-order chi connectivity index (χ1) is 17.6. The summed E-state index contributed by atoms with van der Waals surface area (Å²) >= 11 is 1.60. The third-order valence-electron chi connectivity index (χ3n) is 6.75. The lowest BCUT2D eigenvalue weighted by Crippen LogP contribution is -2.55. The minimum atomic E-state index is -0.584. The molecule has 9 nitrogen and oxygen atoms in total. The van der Waals surface area contributed by atoms with Crippen molar-refractivity contribution in [2.24, 2.45) is 0 Å². The number of hydrogen-bond acceptors (Lipinski definition) is 8. The van der Waals surface area contributed by atoms with E-state index in [0.717, 1.165) is 65.9 Å². The number of aromatic nitrogens is 3. The molecule has 0 radical (unpaired) electrons. The fraction of sp³-hybridized carbons (Fsp3) is 0.667. The number of carbonyl (C=O) groups excluding carboxylic acids is 2. The van der Waals surface area contributed by atoms with Gasteiger partial charge in [-0.15, -0.1) is 11.3 Å². The molecule has 2 amide bonds. The Kier molecular flexibility index (Phi) is 8.67. The molecule has 202 valence electrons. The van der Waals surface area contributed by atoms with Gasteiger partial charge in [-0.25, -0.2) is 19.7 Å². The van der Waals surface area contributed by atoms with Crippen molar-refractivity contribution in [2.45, 2.75) is 97.1 Å². The van der Waals surface area contributed by atoms with E-state index < -0.39 is 17.7 Å². The van der Waals surface area contributed by atoms with Crippen molar-refractivity contribution in [3.8, 4) is 0 Å². The number of nitrogens with one attached hydrogen (secondary N) is 1. The van der Waals surface area contributed by atoms with Crippen LogP contribution in [0.15, 0.2) is 12.3 Å². The second-order valence-corrected chi connectivity index (χ2v) is 12.3. The highest BCUT2D eigenvalue weighted by Crippen LogP contribution is 2.30. The van der Waals surface area contributed by atoms with E-state index in [1.165, 1.54) is 0 Å². The summed E-state index contributed by atoms with van der Waals surface area (Å²) < 4.78 is 5.60. The van der Waals surface area contributed by atoms with Crippen LogP contribution in [0.25, 0.3) is 0 Å². The number of anilines is 2.